The molecule has 4 heteroatoms. The second-order valence-electron chi connectivity index (χ2n) is 5.92. The van der Waals surface area contributed by atoms with Crippen LogP contribution in [0.1, 0.15) is 51.9 Å². The molecule has 2 heterocycles. The second kappa shape index (κ2) is 5.57. The van der Waals surface area contributed by atoms with Crippen LogP contribution in [0.25, 0.3) is 0 Å². The summed E-state index contributed by atoms with van der Waals surface area (Å²) in [6.45, 7) is 4.03. The Morgan fingerprint density at radius 1 is 1.50 bits per heavy atom. The van der Waals surface area contributed by atoms with Crippen LogP contribution >= 0.6 is 0 Å². The van der Waals surface area contributed by atoms with E-state index < -0.39 is 17.5 Å². The number of rotatable bonds is 5. The molecule has 0 amide bonds. The third kappa shape index (κ3) is 2.69. The van der Waals surface area contributed by atoms with E-state index in [0.29, 0.717) is 25.3 Å². The van der Waals surface area contributed by atoms with Crippen LogP contribution in [0.4, 0.5) is 0 Å². The molecule has 2 aliphatic rings. The highest BCUT2D eigenvalue weighted by atomic mass is 16.4. The van der Waals surface area contributed by atoms with Gasteiger partial charge in [0.15, 0.2) is 0 Å². The Bertz CT molecular complexity index is 307. The Kier molecular flexibility index (Phi) is 4.28. The van der Waals surface area contributed by atoms with Crippen molar-refractivity contribution < 1.29 is 15.0 Å². The Hall–Kier alpha value is -0.610. The number of fused-ring (bicyclic) bond motifs is 1. The summed E-state index contributed by atoms with van der Waals surface area (Å²) in [7, 11) is 0. The number of unbranched alkanes of at least 4 members (excludes halogenated alkanes) is 1. The van der Waals surface area contributed by atoms with Gasteiger partial charge in [0, 0.05) is 12.6 Å². The normalized spacial score (nSPS) is 34.2. The first-order chi connectivity index (χ1) is 8.57. The van der Waals surface area contributed by atoms with E-state index in [0.717, 1.165) is 32.4 Å². The lowest BCUT2D eigenvalue weighted by Gasteiger charge is -2.43. The summed E-state index contributed by atoms with van der Waals surface area (Å²) >= 11 is 0. The number of nitrogens with zero attached hydrogens (tertiary/aromatic N) is 1. The van der Waals surface area contributed by atoms with Crippen LogP contribution in [-0.4, -0.2) is 45.8 Å². The Labute approximate surface area is 109 Å². The van der Waals surface area contributed by atoms with Crippen molar-refractivity contribution in [3.8, 4) is 0 Å². The summed E-state index contributed by atoms with van der Waals surface area (Å²) in [5, 5.41) is 20.2. The van der Waals surface area contributed by atoms with Gasteiger partial charge in [0.05, 0.1) is 11.5 Å². The molecular formula is C14H25NO3. The zero-order valence-electron chi connectivity index (χ0n) is 11.3. The van der Waals surface area contributed by atoms with Crippen molar-refractivity contribution >= 4 is 5.97 Å². The number of carboxylic acid groups (broad SMARTS) is 1. The van der Waals surface area contributed by atoms with E-state index in [1.165, 1.54) is 6.42 Å². The number of piperidine rings is 1. The second-order valence-corrected chi connectivity index (χ2v) is 5.92. The monoisotopic (exact) mass is 255 g/mol. The van der Waals surface area contributed by atoms with Crippen molar-refractivity contribution in [1.82, 2.24) is 4.90 Å². The van der Waals surface area contributed by atoms with Gasteiger partial charge >= 0.3 is 5.97 Å². The highest BCUT2D eigenvalue weighted by molar-refractivity contribution is 5.71. The third-order valence-corrected chi connectivity index (χ3v) is 4.71. The molecule has 2 rings (SSSR count). The molecule has 0 aromatic rings. The van der Waals surface area contributed by atoms with Gasteiger partial charge in [-0.05, 0) is 38.6 Å². The zero-order valence-corrected chi connectivity index (χ0v) is 11.3. The van der Waals surface area contributed by atoms with Crippen LogP contribution < -0.4 is 0 Å². The maximum Gasteiger partial charge on any atom is 0.309 e. The first kappa shape index (κ1) is 13.8. The SMILES string of the molecule is CCCCC(C(=O)O)C1(O)CCN2CCCC2C1. The maximum absolute atomic E-state index is 11.4. The molecule has 0 aromatic heterocycles. The smallest absolute Gasteiger partial charge is 0.309 e. The molecule has 0 aromatic carbocycles. The summed E-state index contributed by atoms with van der Waals surface area (Å²) in [5.74, 6) is -1.41. The highest BCUT2D eigenvalue weighted by Gasteiger charge is 2.47. The van der Waals surface area contributed by atoms with E-state index in [1.807, 2.05) is 0 Å². The molecule has 3 unspecified atom stereocenters. The molecule has 2 saturated heterocycles. The average molecular weight is 255 g/mol. The Balaban J connectivity index is 2.05. The lowest BCUT2D eigenvalue weighted by molar-refractivity contribution is -0.158. The number of hydrogen-bond donors (Lipinski definition) is 2. The average Bonchev–Trinajstić information content (AvgIpc) is 2.75. The van der Waals surface area contributed by atoms with E-state index in [-0.39, 0.29) is 0 Å². The van der Waals surface area contributed by atoms with Crippen LogP contribution in [0.15, 0.2) is 0 Å². The fourth-order valence-electron chi connectivity index (χ4n) is 3.61. The molecular weight excluding hydrogens is 230 g/mol. The lowest BCUT2D eigenvalue weighted by atomic mass is 9.74. The molecule has 0 aliphatic carbocycles. The van der Waals surface area contributed by atoms with Crippen LogP contribution in [0.3, 0.4) is 0 Å². The van der Waals surface area contributed by atoms with Crippen molar-refractivity contribution in [2.45, 2.75) is 63.5 Å². The first-order valence-electron chi connectivity index (χ1n) is 7.26. The highest BCUT2D eigenvalue weighted by Crippen LogP contribution is 2.39. The number of carboxylic acids is 1. The summed E-state index contributed by atoms with van der Waals surface area (Å²) in [4.78, 5) is 13.8. The minimum atomic E-state index is -0.980. The van der Waals surface area contributed by atoms with E-state index >= 15 is 0 Å². The van der Waals surface area contributed by atoms with Crippen molar-refractivity contribution in [3.63, 3.8) is 0 Å². The van der Waals surface area contributed by atoms with Gasteiger partial charge in [-0.15, -0.1) is 0 Å². The van der Waals surface area contributed by atoms with E-state index in [2.05, 4.69) is 11.8 Å². The minimum Gasteiger partial charge on any atom is -0.481 e. The van der Waals surface area contributed by atoms with E-state index in [1.54, 1.807) is 0 Å². The predicted octanol–water partition coefficient (Wildman–Crippen LogP) is 1.87. The first-order valence-corrected chi connectivity index (χ1v) is 7.26. The van der Waals surface area contributed by atoms with E-state index in [9.17, 15) is 15.0 Å². The Morgan fingerprint density at radius 2 is 2.28 bits per heavy atom. The summed E-state index contributed by atoms with van der Waals surface area (Å²) in [6.07, 6.45) is 6.03. The van der Waals surface area contributed by atoms with Gasteiger partial charge in [-0.25, -0.2) is 0 Å². The quantitative estimate of drug-likeness (QED) is 0.787. The summed E-state index contributed by atoms with van der Waals surface area (Å²) < 4.78 is 0. The van der Waals surface area contributed by atoms with E-state index in [4.69, 9.17) is 0 Å². The van der Waals surface area contributed by atoms with Crippen LogP contribution in [0.2, 0.25) is 0 Å². The fraction of sp³-hybridized carbons (Fsp3) is 0.929. The molecule has 104 valence electrons. The molecule has 18 heavy (non-hydrogen) atoms. The van der Waals surface area contributed by atoms with Gasteiger partial charge in [0.1, 0.15) is 0 Å². The third-order valence-electron chi connectivity index (χ3n) is 4.71. The van der Waals surface area contributed by atoms with Gasteiger partial charge in [0.25, 0.3) is 0 Å². The minimum absolute atomic E-state index is 0.409. The number of carbonyl (C=O) groups is 1. The fourth-order valence-corrected chi connectivity index (χ4v) is 3.61. The van der Waals surface area contributed by atoms with Crippen molar-refractivity contribution in [3.05, 3.63) is 0 Å². The van der Waals surface area contributed by atoms with Gasteiger partial charge in [-0.2, -0.15) is 0 Å². The van der Waals surface area contributed by atoms with Crippen LogP contribution in [0.5, 0.6) is 0 Å². The van der Waals surface area contributed by atoms with Crippen molar-refractivity contribution in [1.29, 1.82) is 0 Å². The van der Waals surface area contributed by atoms with Gasteiger partial charge < -0.3 is 15.1 Å². The Morgan fingerprint density at radius 3 is 2.94 bits per heavy atom. The van der Waals surface area contributed by atoms with Gasteiger partial charge in [-0.1, -0.05) is 19.8 Å². The molecule has 4 nitrogen and oxygen atoms in total. The number of hydrogen-bond acceptors (Lipinski definition) is 3. The predicted molar refractivity (Wildman–Crippen MR) is 69.4 cm³/mol. The summed E-state index contributed by atoms with van der Waals surface area (Å²) in [5.41, 5.74) is -0.980. The lowest BCUT2D eigenvalue weighted by Crippen LogP contribution is -2.53. The molecule has 2 aliphatic heterocycles. The maximum atomic E-state index is 11.4. The topological polar surface area (TPSA) is 60.8 Å². The van der Waals surface area contributed by atoms with Gasteiger partial charge in [-0.3, -0.25) is 4.79 Å². The standard InChI is InChI=1S/C14H25NO3/c1-2-3-6-12(13(16)17)14(18)7-9-15-8-4-5-11(15)10-14/h11-12,18H,2-10H2,1H3,(H,16,17). The molecule has 0 saturated carbocycles. The number of aliphatic carboxylic acids is 1. The van der Waals surface area contributed by atoms with Crippen LogP contribution in [-0.2, 0) is 4.79 Å². The number of aliphatic hydroxyl groups is 1. The van der Waals surface area contributed by atoms with Gasteiger partial charge in [0.2, 0.25) is 0 Å². The largest absolute Gasteiger partial charge is 0.481 e. The zero-order chi connectivity index (χ0) is 13.2. The van der Waals surface area contributed by atoms with Crippen molar-refractivity contribution in [2.75, 3.05) is 13.1 Å². The summed E-state index contributed by atoms with van der Waals surface area (Å²) in [6, 6.07) is 0.409. The molecule has 0 radical (unpaired) electrons. The molecule has 3 atom stereocenters. The van der Waals surface area contributed by atoms with Crippen LogP contribution in [0, 0.1) is 5.92 Å². The molecule has 2 fully saturated rings. The molecule has 0 spiro atoms. The molecule has 0 bridgehead atoms. The van der Waals surface area contributed by atoms with Crippen molar-refractivity contribution in [2.24, 2.45) is 5.92 Å². The molecule has 2 N–H and O–H groups in total.